The Morgan fingerprint density at radius 3 is 3.11 bits per heavy atom. The van der Waals surface area contributed by atoms with Gasteiger partial charge in [-0.25, -0.2) is 9.97 Å². The fourth-order valence-electron chi connectivity index (χ4n) is 2.18. The van der Waals surface area contributed by atoms with Crippen LogP contribution < -0.4 is 5.56 Å². The van der Waals surface area contributed by atoms with E-state index in [-0.39, 0.29) is 24.3 Å². The van der Waals surface area contributed by atoms with Gasteiger partial charge in [-0.3, -0.25) is 4.79 Å². The summed E-state index contributed by atoms with van der Waals surface area (Å²) >= 11 is 0. The number of aliphatic hydroxyl groups excluding tert-OH is 2. The smallest absolute Gasteiger partial charge is 0.278 e. The van der Waals surface area contributed by atoms with Crippen molar-refractivity contribution in [3.63, 3.8) is 0 Å². The lowest BCUT2D eigenvalue weighted by molar-refractivity contribution is 0.00206. The maximum absolute atomic E-state index is 11.5. The van der Waals surface area contributed by atoms with Crippen LogP contribution >= 0.6 is 0 Å². The zero-order valence-corrected chi connectivity index (χ0v) is 9.35. The van der Waals surface area contributed by atoms with Gasteiger partial charge in [-0.05, 0) is 0 Å². The Hall–Kier alpha value is -1.77. The van der Waals surface area contributed by atoms with E-state index in [0.717, 1.165) is 0 Å². The predicted octanol–water partition coefficient (Wildman–Crippen LogP) is -1.59. The number of nitrogens with one attached hydrogen (secondary N) is 1. The first-order chi connectivity index (χ1) is 8.72. The molecule has 0 aliphatic carbocycles. The Bertz CT molecular complexity index is 622. The third-order valence-electron chi connectivity index (χ3n) is 3.16. The van der Waals surface area contributed by atoms with Crippen molar-refractivity contribution in [2.45, 2.75) is 18.2 Å². The van der Waals surface area contributed by atoms with Gasteiger partial charge in [0.05, 0.1) is 31.9 Å². The van der Waals surface area contributed by atoms with E-state index < -0.39 is 18.2 Å². The summed E-state index contributed by atoms with van der Waals surface area (Å²) in [5.41, 5.74) is 0.285. The van der Waals surface area contributed by atoms with Crippen molar-refractivity contribution >= 4 is 11.2 Å². The Balaban J connectivity index is 2.06. The lowest BCUT2D eigenvalue weighted by atomic mass is 10.1. The number of H-pyrrole nitrogens is 1. The minimum atomic E-state index is -0.853. The summed E-state index contributed by atoms with van der Waals surface area (Å²) in [6.07, 6.45) is 1.27. The number of aromatic amines is 1. The Labute approximate surface area is 101 Å². The van der Waals surface area contributed by atoms with Gasteiger partial charge in [0, 0.05) is 0 Å². The van der Waals surface area contributed by atoms with E-state index in [1.54, 1.807) is 4.57 Å². The lowest BCUT2D eigenvalue weighted by Crippen LogP contribution is -2.30. The molecule has 1 aliphatic rings. The molecule has 3 atom stereocenters. The van der Waals surface area contributed by atoms with Gasteiger partial charge in [-0.2, -0.15) is 0 Å². The van der Waals surface area contributed by atoms with Crippen LogP contribution in [-0.4, -0.2) is 55.2 Å². The van der Waals surface area contributed by atoms with E-state index in [0.29, 0.717) is 5.65 Å². The third kappa shape index (κ3) is 1.54. The highest BCUT2D eigenvalue weighted by molar-refractivity contribution is 5.68. The molecule has 3 heterocycles. The summed E-state index contributed by atoms with van der Waals surface area (Å²) in [4.78, 5) is 22.0. The lowest BCUT2D eigenvalue weighted by Gasteiger charge is -2.16. The molecular formula is C10H12N4O4. The van der Waals surface area contributed by atoms with E-state index in [1.165, 1.54) is 12.7 Å². The highest BCUT2D eigenvalue weighted by atomic mass is 16.5. The summed E-state index contributed by atoms with van der Waals surface area (Å²) < 4.78 is 6.87. The Kier molecular flexibility index (Phi) is 2.62. The van der Waals surface area contributed by atoms with E-state index in [1.807, 2.05) is 0 Å². The molecular weight excluding hydrogens is 240 g/mol. The number of rotatable bonds is 2. The van der Waals surface area contributed by atoms with Crippen LogP contribution in [0.15, 0.2) is 17.4 Å². The fourth-order valence-corrected chi connectivity index (χ4v) is 2.18. The van der Waals surface area contributed by atoms with Crippen molar-refractivity contribution in [3.8, 4) is 0 Å². The largest absolute Gasteiger partial charge is 0.394 e. The van der Waals surface area contributed by atoms with Gasteiger partial charge in [0.2, 0.25) is 0 Å². The summed E-state index contributed by atoms with van der Waals surface area (Å²) in [7, 11) is 0. The second-order valence-corrected chi connectivity index (χ2v) is 4.17. The summed E-state index contributed by atoms with van der Waals surface area (Å²) in [6, 6.07) is -0.401. The number of hydrogen-bond acceptors (Lipinski definition) is 6. The Morgan fingerprint density at radius 2 is 2.39 bits per heavy atom. The predicted molar refractivity (Wildman–Crippen MR) is 60.0 cm³/mol. The molecule has 3 N–H and O–H groups in total. The molecule has 3 rings (SSSR count). The molecule has 0 amide bonds. The number of aromatic nitrogens is 4. The molecule has 0 saturated carbocycles. The van der Waals surface area contributed by atoms with Gasteiger partial charge in [0.15, 0.2) is 11.2 Å². The first kappa shape index (κ1) is 11.3. The van der Waals surface area contributed by atoms with Crippen LogP contribution in [0.3, 0.4) is 0 Å². The molecule has 1 fully saturated rings. The number of ether oxygens (including phenoxy) is 1. The van der Waals surface area contributed by atoms with Crippen LogP contribution in [0.5, 0.6) is 0 Å². The molecule has 2 aromatic heterocycles. The molecule has 0 aromatic carbocycles. The maximum Gasteiger partial charge on any atom is 0.278 e. The van der Waals surface area contributed by atoms with Crippen LogP contribution in [0.1, 0.15) is 6.04 Å². The van der Waals surface area contributed by atoms with E-state index in [2.05, 4.69) is 15.0 Å². The molecule has 0 radical (unpaired) electrons. The number of hydrogen-bond donors (Lipinski definition) is 3. The van der Waals surface area contributed by atoms with Gasteiger partial charge in [-0.15, -0.1) is 0 Å². The van der Waals surface area contributed by atoms with Crippen molar-refractivity contribution in [1.29, 1.82) is 0 Å². The standard InChI is InChI=1S/C10H12N4O4/c15-1-6-8(16)5(2-18-6)14-4-13-7-9(14)11-3-12-10(7)17/h3-6,8,15-16H,1-2H2,(H,11,12,17)/t5-,6-,8+/m0/s1. The van der Waals surface area contributed by atoms with Gasteiger partial charge in [0.1, 0.15) is 12.2 Å². The molecule has 2 aromatic rings. The van der Waals surface area contributed by atoms with E-state index in [9.17, 15) is 9.90 Å². The van der Waals surface area contributed by atoms with Crippen LogP contribution in [0.2, 0.25) is 0 Å². The summed E-state index contributed by atoms with van der Waals surface area (Å²) in [6.45, 7) is -0.00929. The fraction of sp³-hybridized carbons (Fsp3) is 0.500. The van der Waals surface area contributed by atoms with Crippen LogP contribution in [0.4, 0.5) is 0 Å². The van der Waals surface area contributed by atoms with Gasteiger partial charge in [0.25, 0.3) is 5.56 Å². The van der Waals surface area contributed by atoms with Crippen LogP contribution in [-0.2, 0) is 4.74 Å². The number of fused-ring (bicyclic) bond motifs is 1. The van der Waals surface area contributed by atoms with Crippen molar-refractivity contribution in [1.82, 2.24) is 19.5 Å². The van der Waals surface area contributed by atoms with Crippen molar-refractivity contribution < 1.29 is 14.9 Å². The quantitative estimate of drug-likeness (QED) is 0.594. The second kappa shape index (κ2) is 4.16. The van der Waals surface area contributed by atoms with Gasteiger partial charge in [-0.1, -0.05) is 0 Å². The molecule has 1 aliphatic heterocycles. The molecule has 96 valence electrons. The van der Waals surface area contributed by atoms with Gasteiger partial charge >= 0.3 is 0 Å². The zero-order valence-electron chi connectivity index (χ0n) is 9.35. The first-order valence-electron chi connectivity index (χ1n) is 5.53. The van der Waals surface area contributed by atoms with Gasteiger partial charge < -0.3 is 24.5 Å². The average Bonchev–Trinajstić information content (AvgIpc) is 2.93. The number of nitrogens with zero attached hydrogens (tertiary/aromatic N) is 3. The highest BCUT2D eigenvalue weighted by Crippen LogP contribution is 2.26. The molecule has 0 bridgehead atoms. The van der Waals surface area contributed by atoms with E-state index >= 15 is 0 Å². The van der Waals surface area contributed by atoms with Crippen molar-refractivity contribution in [3.05, 3.63) is 23.0 Å². The number of imidazole rings is 1. The topological polar surface area (TPSA) is 113 Å². The SMILES string of the molecule is O=c1[nH]cnc2c1ncn2[C@H]1CO[C@@H](CO)[C@@H]1O. The highest BCUT2D eigenvalue weighted by Gasteiger charge is 2.37. The molecule has 8 heteroatoms. The van der Waals surface area contributed by atoms with Crippen molar-refractivity contribution in [2.24, 2.45) is 0 Å². The van der Waals surface area contributed by atoms with E-state index in [4.69, 9.17) is 9.84 Å². The van der Waals surface area contributed by atoms with Crippen LogP contribution in [0, 0.1) is 0 Å². The molecule has 0 unspecified atom stereocenters. The van der Waals surface area contributed by atoms with Crippen molar-refractivity contribution in [2.75, 3.05) is 13.2 Å². The second-order valence-electron chi connectivity index (χ2n) is 4.17. The normalized spacial score (nSPS) is 28.0. The minimum Gasteiger partial charge on any atom is -0.394 e. The molecule has 0 spiro atoms. The number of aliphatic hydroxyl groups is 2. The third-order valence-corrected chi connectivity index (χ3v) is 3.16. The average molecular weight is 252 g/mol. The zero-order chi connectivity index (χ0) is 12.7. The first-order valence-corrected chi connectivity index (χ1v) is 5.53. The van der Waals surface area contributed by atoms with Crippen LogP contribution in [0.25, 0.3) is 11.2 Å². The maximum atomic E-state index is 11.5. The molecule has 8 nitrogen and oxygen atoms in total. The monoisotopic (exact) mass is 252 g/mol. The molecule has 1 saturated heterocycles. The summed E-state index contributed by atoms with van der Waals surface area (Å²) in [5, 5.41) is 19.0. The Morgan fingerprint density at radius 1 is 1.56 bits per heavy atom. The molecule has 18 heavy (non-hydrogen) atoms. The minimum absolute atomic E-state index is 0.220. The summed E-state index contributed by atoms with van der Waals surface area (Å²) in [5.74, 6) is 0.